The van der Waals surface area contributed by atoms with Gasteiger partial charge in [0.15, 0.2) is 5.78 Å². The average molecular weight is 355 g/mol. The molecule has 1 saturated carbocycles. The first-order valence-electron chi connectivity index (χ1n) is 9.03. The molecule has 0 bridgehead atoms. The third-order valence-electron chi connectivity index (χ3n) is 5.46. The van der Waals surface area contributed by atoms with Crippen molar-refractivity contribution in [3.05, 3.63) is 59.9 Å². The van der Waals surface area contributed by atoms with E-state index in [1.54, 1.807) is 36.4 Å². The Morgan fingerprint density at radius 2 is 1.65 bits per heavy atom. The van der Waals surface area contributed by atoms with Crippen molar-refractivity contribution in [3.8, 4) is 11.5 Å². The van der Waals surface area contributed by atoms with Crippen molar-refractivity contribution in [1.29, 1.82) is 0 Å². The van der Waals surface area contributed by atoms with Crippen LogP contribution in [0.4, 0.5) is 4.39 Å². The molecule has 1 N–H and O–H groups in total. The number of aromatic hydroxyl groups is 1. The molecule has 136 valence electrons. The summed E-state index contributed by atoms with van der Waals surface area (Å²) in [7, 11) is 0. The predicted octanol–water partition coefficient (Wildman–Crippen LogP) is 3.50. The van der Waals surface area contributed by atoms with Crippen LogP contribution in [0, 0.1) is 17.7 Å². The first kappa shape index (κ1) is 17.0. The maximum atomic E-state index is 13.0. The van der Waals surface area contributed by atoms with E-state index in [4.69, 9.17) is 4.74 Å². The molecule has 4 nitrogen and oxygen atoms in total. The number of halogens is 1. The van der Waals surface area contributed by atoms with Crippen LogP contribution in [0.5, 0.6) is 11.5 Å². The molecule has 2 aromatic carbocycles. The SMILES string of the molecule is O=C(CN1C[C@H]2C[C@H](Oc3ccc(F)cc3)C[C@H]2C1)c1ccc(O)cc1. The first-order chi connectivity index (χ1) is 12.6. The monoisotopic (exact) mass is 355 g/mol. The summed E-state index contributed by atoms with van der Waals surface area (Å²) in [5.74, 6) is 1.82. The molecule has 2 aromatic rings. The summed E-state index contributed by atoms with van der Waals surface area (Å²) in [6.45, 7) is 2.25. The molecule has 0 amide bonds. The number of carbonyl (C=O) groups excluding carboxylic acids is 1. The standard InChI is InChI=1S/C21H22FNO3/c22-17-3-7-19(8-4-17)26-20-9-15-11-23(12-16(15)10-20)13-21(25)14-1-5-18(24)6-2-14/h1-8,15-16,20,24H,9-13H2/t15-,16+,20+. The summed E-state index contributed by atoms with van der Waals surface area (Å²) in [6.07, 6.45) is 2.13. The molecule has 3 atom stereocenters. The number of ether oxygens (including phenoxy) is 1. The number of ketones is 1. The second-order valence-electron chi connectivity index (χ2n) is 7.35. The normalized spacial score (nSPS) is 25.2. The van der Waals surface area contributed by atoms with Gasteiger partial charge in [0.05, 0.1) is 12.6 Å². The molecule has 0 spiro atoms. The van der Waals surface area contributed by atoms with Gasteiger partial charge in [-0.3, -0.25) is 9.69 Å². The summed E-state index contributed by atoms with van der Waals surface area (Å²) < 4.78 is 19.0. The molecule has 2 aliphatic rings. The van der Waals surface area contributed by atoms with E-state index in [-0.39, 0.29) is 23.5 Å². The van der Waals surface area contributed by atoms with Crippen LogP contribution in [0.25, 0.3) is 0 Å². The number of carbonyl (C=O) groups is 1. The third kappa shape index (κ3) is 3.73. The Bertz CT molecular complexity index is 761. The minimum Gasteiger partial charge on any atom is -0.508 e. The van der Waals surface area contributed by atoms with Crippen LogP contribution in [0.15, 0.2) is 48.5 Å². The smallest absolute Gasteiger partial charge is 0.176 e. The predicted molar refractivity (Wildman–Crippen MR) is 95.9 cm³/mol. The molecular weight excluding hydrogens is 333 g/mol. The van der Waals surface area contributed by atoms with Crippen molar-refractivity contribution < 1.29 is 19.0 Å². The van der Waals surface area contributed by atoms with Gasteiger partial charge in [-0.25, -0.2) is 4.39 Å². The quantitative estimate of drug-likeness (QED) is 0.834. The number of nitrogens with zero attached hydrogens (tertiary/aromatic N) is 1. The fraction of sp³-hybridized carbons (Fsp3) is 0.381. The van der Waals surface area contributed by atoms with E-state index in [1.807, 2.05) is 0 Å². The van der Waals surface area contributed by atoms with Crippen LogP contribution in [0.1, 0.15) is 23.2 Å². The lowest BCUT2D eigenvalue weighted by molar-refractivity contribution is 0.0936. The fourth-order valence-electron chi connectivity index (χ4n) is 4.21. The van der Waals surface area contributed by atoms with Crippen LogP contribution in [-0.4, -0.2) is 41.5 Å². The molecule has 2 fully saturated rings. The van der Waals surface area contributed by atoms with Crippen molar-refractivity contribution in [3.63, 3.8) is 0 Å². The van der Waals surface area contributed by atoms with E-state index in [9.17, 15) is 14.3 Å². The van der Waals surface area contributed by atoms with Gasteiger partial charge in [0.2, 0.25) is 0 Å². The molecule has 26 heavy (non-hydrogen) atoms. The fourth-order valence-corrected chi connectivity index (χ4v) is 4.21. The van der Waals surface area contributed by atoms with Gasteiger partial charge in [0, 0.05) is 18.7 Å². The minimum absolute atomic E-state index is 0.0871. The number of Topliss-reactive ketones (excluding diaryl/α,β-unsaturated/α-hetero) is 1. The summed E-state index contributed by atoms with van der Waals surface area (Å²) in [4.78, 5) is 14.6. The first-order valence-corrected chi connectivity index (χ1v) is 9.03. The van der Waals surface area contributed by atoms with Crippen LogP contribution in [0.3, 0.4) is 0 Å². The van der Waals surface area contributed by atoms with Gasteiger partial charge in [-0.1, -0.05) is 0 Å². The number of phenols is 1. The highest BCUT2D eigenvalue weighted by Crippen LogP contribution is 2.39. The molecule has 0 unspecified atom stereocenters. The topological polar surface area (TPSA) is 49.8 Å². The zero-order valence-corrected chi connectivity index (χ0v) is 14.5. The lowest BCUT2D eigenvalue weighted by Crippen LogP contribution is -2.30. The highest BCUT2D eigenvalue weighted by Gasteiger charge is 2.42. The van der Waals surface area contributed by atoms with Crippen molar-refractivity contribution in [1.82, 2.24) is 4.90 Å². The van der Waals surface area contributed by atoms with E-state index in [1.165, 1.54) is 12.1 Å². The second kappa shape index (κ2) is 7.08. The lowest BCUT2D eigenvalue weighted by Gasteiger charge is -2.19. The van der Waals surface area contributed by atoms with E-state index in [2.05, 4.69) is 4.90 Å². The van der Waals surface area contributed by atoms with Gasteiger partial charge in [0.25, 0.3) is 0 Å². The molecule has 1 aliphatic carbocycles. The van der Waals surface area contributed by atoms with Crippen molar-refractivity contribution >= 4 is 5.78 Å². The number of hydrogen-bond acceptors (Lipinski definition) is 4. The summed E-state index contributed by atoms with van der Waals surface area (Å²) in [5, 5.41) is 9.32. The van der Waals surface area contributed by atoms with E-state index in [0.717, 1.165) is 31.7 Å². The zero-order valence-electron chi connectivity index (χ0n) is 14.5. The summed E-state index contributed by atoms with van der Waals surface area (Å²) in [5.41, 5.74) is 0.636. The van der Waals surface area contributed by atoms with Crippen molar-refractivity contribution in [2.45, 2.75) is 18.9 Å². The second-order valence-corrected chi connectivity index (χ2v) is 7.35. The Kier molecular flexibility index (Phi) is 4.64. The minimum atomic E-state index is -0.255. The van der Waals surface area contributed by atoms with Gasteiger partial charge in [-0.2, -0.15) is 0 Å². The molecule has 1 aliphatic heterocycles. The number of phenolic OH excluding ortho intramolecular Hbond substituents is 1. The number of rotatable bonds is 5. The largest absolute Gasteiger partial charge is 0.508 e. The van der Waals surface area contributed by atoms with E-state index in [0.29, 0.717) is 23.9 Å². The Balaban J connectivity index is 1.28. The maximum absolute atomic E-state index is 13.0. The number of hydrogen-bond donors (Lipinski definition) is 1. The molecule has 1 saturated heterocycles. The number of likely N-dealkylation sites (tertiary alicyclic amines) is 1. The number of fused-ring (bicyclic) bond motifs is 1. The van der Waals surface area contributed by atoms with Crippen LogP contribution in [0.2, 0.25) is 0 Å². The Morgan fingerprint density at radius 1 is 1.04 bits per heavy atom. The van der Waals surface area contributed by atoms with Gasteiger partial charge in [0.1, 0.15) is 17.3 Å². The zero-order chi connectivity index (χ0) is 18.1. The average Bonchev–Trinajstić information content (AvgIpc) is 3.15. The molecule has 4 rings (SSSR count). The van der Waals surface area contributed by atoms with Gasteiger partial charge in [-0.15, -0.1) is 0 Å². The number of benzene rings is 2. The highest BCUT2D eigenvalue weighted by atomic mass is 19.1. The summed E-state index contributed by atoms with van der Waals surface area (Å²) >= 11 is 0. The highest BCUT2D eigenvalue weighted by molar-refractivity contribution is 5.97. The van der Waals surface area contributed by atoms with E-state index >= 15 is 0 Å². The van der Waals surface area contributed by atoms with E-state index < -0.39 is 0 Å². The molecular formula is C21H22FNO3. The van der Waals surface area contributed by atoms with Crippen molar-refractivity contribution in [2.75, 3.05) is 19.6 Å². The molecule has 1 heterocycles. The maximum Gasteiger partial charge on any atom is 0.176 e. The van der Waals surface area contributed by atoms with Crippen LogP contribution in [-0.2, 0) is 0 Å². The van der Waals surface area contributed by atoms with Gasteiger partial charge < -0.3 is 9.84 Å². The third-order valence-corrected chi connectivity index (χ3v) is 5.46. The van der Waals surface area contributed by atoms with Crippen LogP contribution < -0.4 is 4.74 Å². The lowest BCUT2D eigenvalue weighted by atomic mass is 10.0. The van der Waals surface area contributed by atoms with Gasteiger partial charge >= 0.3 is 0 Å². The Hall–Kier alpha value is -2.40. The molecule has 0 radical (unpaired) electrons. The summed E-state index contributed by atoms with van der Waals surface area (Å²) in [6, 6.07) is 12.6. The van der Waals surface area contributed by atoms with Crippen LogP contribution >= 0.6 is 0 Å². The molecule has 0 aromatic heterocycles. The molecule has 5 heteroatoms. The van der Waals surface area contributed by atoms with Crippen molar-refractivity contribution in [2.24, 2.45) is 11.8 Å². The van der Waals surface area contributed by atoms with Gasteiger partial charge in [-0.05, 0) is 73.2 Å². The Morgan fingerprint density at radius 3 is 2.27 bits per heavy atom. The Labute approximate surface area is 152 Å².